The Morgan fingerprint density at radius 2 is 1.42 bits per heavy atom. The number of amides is 1. The van der Waals surface area contributed by atoms with Gasteiger partial charge in [0.25, 0.3) is 0 Å². The molecule has 0 unspecified atom stereocenters. The van der Waals surface area contributed by atoms with Crippen molar-refractivity contribution in [3.05, 3.63) is 65.2 Å². The summed E-state index contributed by atoms with van der Waals surface area (Å²) in [6, 6.07) is 14.3. The first-order chi connectivity index (χ1) is 9.15. The largest absolute Gasteiger partial charge is 0.508 e. The Bertz CT molecular complexity index is 547. The van der Waals surface area contributed by atoms with E-state index in [1.54, 1.807) is 24.3 Å². The summed E-state index contributed by atoms with van der Waals surface area (Å²) in [5.74, 6) is -0.144. The number of nitrogens with two attached hydrogens (primary N) is 1. The Morgan fingerprint density at radius 1 is 0.947 bits per heavy atom. The van der Waals surface area contributed by atoms with E-state index >= 15 is 0 Å². The molecule has 98 valence electrons. The average molecular weight is 256 g/mol. The van der Waals surface area contributed by atoms with E-state index in [-0.39, 0.29) is 5.75 Å². The van der Waals surface area contributed by atoms with Gasteiger partial charge in [-0.3, -0.25) is 4.79 Å². The van der Waals surface area contributed by atoms with Gasteiger partial charge < -0.3 is 16.2 Å². The van der Waals surface area contributed by atoms with E-state index in [4.69, 9.17) is 5.73 Å². The number of primary amides is 1. The summed E-state index contributed by atoms with van der Waals surface area (Å²) in [6.45, 7) is 1.43. The second-order valence-electron chi connectivity index (χ2n) is 4.33. The lowest BCUT2D eigenvalue weighted by Crippen LogP contribution is -2.13. The zero-order chi connectivity index (χ0) is 13.7. The third-order valence-electron chi connectivity index (χ3n) is 2.83. The van der Waals surface area contributed by atoms with Gasteiger partial charge in [0, 0.05) is 18.7 Å². The molecule has 0 fully saturated rings. The summed E-state index contributed by atoms with van der Waals surface area (Å²) < 4.78 is 0. The van der Waals surface area contributed by atoms with Crippen molar-refractivity contribution in [2.45, 2.75) is 13.1 Å². The minimum absolute atomic E-state index is 0.269. The molecular formula is C15H16N2O2. The second kappa shape index (κ2) is 6.02. The molecule has 0 aliphatic carbocycles. The number of carbonyl (C=O) groups is 1. The molecule has 19 heavy (non-hydrogen) atoms. The van der Waals surface area contributed by atoms with Gasteiger partial charge in [-0.1, -0.05) is 24.3 Å². The molecule has 1 amide bonds. The van der Waals surface area contributed by atoms with Crippen LogP contribution in [0.25, 0.3) is 0 Å². The molecule has 0 aliphatic heterocycles. The maximum Gasteiger partial charge on any atom is 0.248 e. The summed E-state index contributed by atoms with van der Waals surface area (Å²) in [7, 11) is 0. The Hall–Kier alpha value is -2.33. The average Bonchev–Trinajstić information content (AvgIpc) is 2.41. The third kappa shape index (κ3) is 3.82. The Kier molecular flexibility index (Phi) is 4.15. The van der Waals surface area contributed by atoms with Gasteiger partial charge in [-0.2, -0.15) is 0 Å². The number of phenolic OH excluding ortho intramolecular Hbond substituents is 1. The molecule has 0 bridgehead atoms. The van der Waals surface area contributed by atoms with Crippen molar-refractivity contribution < 1.29 is 9.90 Å². The maximum atomic E-state index is 10.9. The van der Waals surface area contributed by atoms with Crippen LogP contribution >= 0.6 is 0 Å². The summed E-state index contributed by atoms with van der Waals surface area (Å²) in [6.07, 6.45) is 0. The van der Waals surface area contributed by atoms with E-state index in [0.717, 1.165) is 17.7 Å². The lowest BCUT2D eigenvalue weighted by atomic mass is 10.1. The fourth-order valence-electron chi connectivity index (χ4n) is 1.75. The second-order valence-corrected chi connectivity index (χ2v) is 4.33. The topological polar surface area (TPSA) is 75.4 Å². The highest BCUT2D eigenvalue weighted by molar-refractivity contribution is 5.92. The molecule has 0 aromatic heterocycles. The third-order valence-corrected chi connectivity index (χ3v) is 2.83. The van der Waals surface area contributed by atoms with E-state index < -0.39 is 5.91 Å². The summed E-state index contributed by atoms with van der Waals surface area (Å²) >= 11 is 0. The van der Waals surface area contributed by atoms with Crippen LogP contribution in [0.5, 0.6) is 5.75 Å². The van der Waals surface area contributed by atoms with Gasteiger partial charge in [-0.25, -0.2) is 0 Å². The van der Waals surface area contributed by atoms with Crippen LogP contribution in [0.1, 0.15) is 21.5 Å². The highest BCUT2D eigenvalue weighted by Crippen LogP contribution is 2.09. The lowest BCUT2D eigenvalue weighted by Gasteiger charge is -2.06. The number of carbonyl (C=O) groups excluding carboxylic acids is 1. The van der Waals surface area contributed by atoms with Gasteiger partial charge in [0.2, 0.25) is 5.91 Å². The molecule has 2 aromatic rings. The monoisotopic (exact) mass is 256 g/mol. The molecule has 0 aliphatic rings. The van der Waals surface area contributed by atoms with Crippen molar-refractivity contribution in [1.29, 1.82) is 0 Å². The molecular weight excluding hydrogens is 240 g/mol. The molecule has 0 radical (unpaired) electrons. The number of benzene rings is 2. The van der Waals surface area contributed by atoms with Crippen LogP contribution in [0.15, 0.2) is 48.5 Å². The fourth-order valence-corrected chi connectivity index (χ4v) is 1.75. The lowest BCUT2D eigenvalue weighted by molar-refractivity contribution is 0.100. The normalized spacial score (nSPS) is 10.3. The van der Waals surface area contributed by atoms with Gasteiger partial charge in [0.1, 0.15) is 5.75 Å². The van der Waals surface area contributed by atoms with Gasteiger partial charge in [-0.15, -0.1) is 0 Å². The van der Waals surface area contributed by atoms with Crippen LogP contribution in [0.2, 0.25) is 0 Å². The van der Waals surface area contributed by atoms with Crippen LogP contribution in [-0.4, -0.2) is 11.0 Å². The zero-order valence-electron chi connectivity index (χ0n) is 10.5. The van der Waals surface area contributed by atoms with E-state index in [0.29, 0.717) is 12.1 Å². The van der Waals surface area contributed by atoms with Crippen molar-refractivity contribution >= 4 is 5.91 Å². The molecule has 0 saturated carbocycles. The highest BCUT2D eigenvalue weighted by atomic mass is 16.3. The number of aromatic hydroxyl groups is 1. The number of hydrogen-bond acceptors (Lipinski definition) is 3. The van der Waals surface area contributed by atoms with E-state index in [1.807, 2.05) is 24.3 Å². The predicted octanol–water partition coefficient (Wildman–Crippen LogP) is 1.78. The first kappa shape index (κ1) is 13.1. The van der Waals surface area contributed by atoms with Crippen LogP contribution in [-0.2, 0) is 13.1 Å². The predicted molar refractivity (Wildman–Crippen MR) is 73.6 cm³/mol. The summed E-state index contributed by atoms with van der Waals surface area (Å²) in [5, 5.41) is 12.5. The number of hydrogen-bond donors (Lipinski definition) is 3. The van der Waals surface area contributed by atoms with E-state index in [9.17, 15) is 9.90 Å². The standard InChI is InChI=1S/C15H16N2O2/c16-15(19)13-5-1-11(2-6-13)9-17-10-12-3-7-14(18)8-4-12/h1-8,17-18H,9-10H2,(H2,16,19). The molecule has 4 heteroatoms. The first-order valence-electron chi connectivity index (χ1n) is 6.02. The maximum absolute atomic E-state index is 10.9. The van der Waals surface area contributed by atoms with Gasteiger partial charge in [0.15, 0.2) is 0 Å². The fraction of sp³-hybridized carbons (Fsp3) is 0.133. The van der Waals surface area contributed by atoms with Crippen molar-refractivity contribution in [2.75, 3.05) is 0 Å². The number of rotatable bonds is 5. The Balaban J connectivity index is 1.85. The molecule has 4 nitrogen and oxygen atoms in total. The van der Waals surface area contributed by atoms with Crippen molar-refractivity contribution in [3.8, 4) is 5.75 Å². The van der Waals surface area contributed by atoms with Crippen molar-refractivity contribution in [2.24, 2.45) is 5.73 Å². The number of nitrogens with one attached hydrogen (secondary N) is 1. The quantitative estimate of drug-likeness (QED) is 0.763. The van der Waals surface area contributed by atoms with Gasteiger partial charge in [0.05, 0.1) is 0 Å². The van der Waals surface area contributed by atoms with Crippen molar-refractivity contribution in [1.82, 2.24) is 5.32 Å². The van der Waals surface area contributed by atoms with Gasteiger partial charge >= 0.3 is 0 Å². The Morgan fingerprint density at radius 3 is 1.89 bits per heavy atom. The molecule has 0 saturated heterocycles. The highest BCUT2D eigenvalue weighted by Gasteiger charge is 1.99. The number of phenols is 1. The van der Waals surface area contributed by atoms with Crippen LogP contribution in [0.4, 0.5) is 0 Å². The minimum Gasteiger partial charge on any atom is -0.508 e. The van der Waals surface area contributed by atoms with Crippen LogP contribution in [0.3, 0.4) is 0 Å². The SMILES string of the molecule is NC(=O)c1ccc(CNCc2ccc(O)cc2)cc1. The molecule has 0 atom stereocenters. The summed E-state index contributed by atoms with van der Waals surface area (Å²) in [4.78, 5) is 10.9. The molecule has 0 spiro atoms. The molecule has 2 rings (SSSR count). The molecule has 2 aromatic carbocycles. The van der Waals surface area contributed by atoms with Crippen LogP contribution < -0.4 is 11.1 Å². The molecule has 0 heterocycles. The Labute approximate surface area is 111 Å². The van der Waals surface area contributed by atoms with E-state index in [1.165, 1.54) is 0 Å². The summed E-state index contributed by atoms with van der Waals surface area (Å²) in [5.41, 5.74) is 7.88. The zero-order valence-corrected chi connectivity index (χ0v) is 10.5. The van der Waals surface area contributed by atoms with Crippen LogP contribution in [0, 0.1) is 0 Å². The van der Waals surface area contributed by atoms with Crippen molar-refractivity contribution in [3.63, 3.8) is 0 Å². The van der Waals surface area contributed by atoms with Gasteiger partial charge in [-0.05, 0) is 35.4 Å². The molecule has 4 N–H and O–H groups in total. The first-order valence-corrected chi connectivity index (χ1v) is 6.02. The smallest absolute Gasteiger partial charge is 0.248 e. The minimum atomic E-state index is -0.413. The van der Waals surface area contributed by atoms with E-state index in [2.05, 4.69) is 5.32 Å².